The van der Waals surface area contributed by atoms with Gasteiger partial charge in [-0.2, -0.15) is 0 Å². The van der Waals surface area contributed by atoms with Gasteiger partial charge in [0, 0.05) is 28.5 Å². The molecule has 174 valence electrons. The quantitative estimate of drug-likeness (QED) is 0.282. The van der Waals surface area contributed by atoms with E-state index < -0.39 is 23.6 Å². The van der Waals surface area contributed by atoms with Crippen LogP contribution >= 0.6 is 11.3 Å². The van der Waals surface area contributed by atoms with Crippen LogP contribution in [-0.2, 0) is 9.53 Å². The number of ether oxygens (including phenoxy) is 2. The molecule has 0 fully saturated rings. The monoisotopic (exact) mass is 477 g/mol. The highest BCUT2D eigenvalue weighted by Gasteiger charge is 2.25. The van der Waals surface area contributed by atoms with Crippen molar-refractivity contribution in [2.75, 3.05) is 11.9 Å². The maximum Gasteiger partial charge on any atom is 0.341 e. The van der Waals surface area contributed by atoms with Crippen molar-refractivity contribution < 1.29 is 23.5 Å². The molecule has 2 aromatic heterocycles. The van der Waals surface area contributed by atoms with Crippen molar-refractivity contribution in [1.29, 1.82) is 0 Å². The number of carbonyl (C=O) groups excluding carboxylic acids is 2. The Hall–Kier alpha value is -3.91. The molecule has 0 aliphatic rings. The van der Waals surface area contributed by atoms with Gasteiger partial charge in [0.25, 0.3) is 5.91 Å². The van der Waals surface area contributed by atoms with Gasteiger partial charge < -0.3 is 19.2 Å². The van der Waals surface area contributed by atoms with Crippen LogP contribution in [0.5, 0.6) is 5.75 Å². The summed E-state index contributed by atoms with van der Waals surface area (Å²) in [5.74, 6) is -0.560. The molecule has 0 aliphatic carbocycles. The molecule has 0 bridgehead atoms. The van der Waals surface area contributed by atoms with Crippen molar-refractivity contribution in [1.82, 2.24) is 0 Å². The van der Waals surface area contributed by atoms with Crippen LogP contribution in [-0.4, -0.2) is 24.6 Å². The number of benzene rings is 2. The molecule has 0 saturated heterocycles. The van der Waals surface area contributed by atoms with Gasteiger partial charge in [-0.25, -0.2) is 9.59 Å². The first-order valence-corrected chi connectivity index (χ1v) is 11.6. The number of rotatable bonds is 7. The number of anilines is 1. The third-order valence-corrected chi connectivity index (χ3v) is 6.09. The summed E-state index contributed by atoms with van der Waals surface area (Å²) in [6.45, 7) is 5.37. The first kappa shape index (κ1) is 23.3. The molecule has 1 atom stereocenters. The summed E-state index contributed by atoms with van der Waals surface area (Å²) in [5, 5.41) is 5.79. The van der Waals surface area contributed by atoms with Gasteiger partial charge in [0.15, 0.2) is 6.10 Å². The molecule has 8 heteroatoms. The first-order chi connectivity index (χ1) is 16.4. The lowest BCUT2D eigenvalue weighted by atomic mass is 10.0. The lowest BCUT2D eigenvalue weighted by molar-refractivity contribution is -0.122. The van der Waals surface area contributed by atoms with Crippen LogP contribution < -0.4 is 15.7 Å². The average molecular weight is 478 g/mol. The van der Waals surface area contributed by atoms with Crippen LogP contribution in [0.1, 0.15) is 29.8 Å². The maximum atomic E-state index is 12.9. The van der Waals surface area contributed by atoms with Gasteiger partial charge in [0.1, 0.15) is 21.9 Å². The molecule has 0 unspecified atom stereocenters. The number of hydrogen-bond donors (Lipinski definition) is 1. The van der Waals surface area contributed by atoms with E-state index in [0.29, 0.717) is 27.5 Å². The predicted octanol–water partition coefficient (Wildman–Crippen LogP) is 5.41. The minimum Gasteiger partial charge on any atom is -0.481 e. The van der Waals surface area contributed by atoms with Gasteiger partial charge in [-0.15, -0.1) is 11.3 Å². The molecule has 1 amide bonds. The van der Waals surface area contributed by atoms with Crippen molar-refractivity contribution in [3.05, 3.63) is 81.5 Å². The number of thiophene rings is 1. The average Bonchev–Trinajstić information content (AvgIpc) is 3.23. The molecule has 0 spiro atoms. The lowest BCUT2D eigenvalue weighted by Crippen LogP contribution is -2.30. The molecular formula is C26H23NO6S. The van der Waals surface area contributed by atoms with Crippen LogP contribution in [0.25, 0.3) is 22.1 Å². The summed E-state index contributed by atoms with van der Waals surface area (Å²) >= 11 is 1.24. The number of amides is 1. The molecule has 7 nitrogen and oxygen atoms in total. The molecule has 0 aliphatic heterocycles. The highest BCUT2D eigenvalue weighted by Crippen LogP contribution is 2.36. The van der Waals surface area contributed by atoms with Crippen molar-refractivity contribution in [2.45, 2.75) is 26.9 Å². The Kier molecular flexibility index (Phi) is 6.79. The van der Waals surface area contributed by atoms with E-state index in [9.17, 15) is 14.4 Å². The predicted molar refractivity (Wildman–Crippen MR) is 132 cm³/mol. The summed E-state index contributed by atoms with van der Waals surface area (Å²) in [6, 6.07) is 15.9. The van der Waals surface area contributed by atoms with E-state index >= 15 is 0 Å². The minimum atomic E-state index is -0.883. The fourth-order valence-corrected chi connectivity index (χ4v) is 4.50. The molecule has 1 N–H and O–H groups in total. The van der Waals surface area contributed by atoms with E-state index in [1.807, 2.05) is 42.6 Å². The van der Waals surface area contributed by atoms with E-state index in [2.05, 4.69) is 5.32 Å². The molecule has 4 rings (SSSR count). The Labute approximate surface area is 199 Å². The van der Waals surface area contributed by atoms with Crippen LogP contribution in [0.15, 0.2) is 69.2 Å². The largest absolute Gasteiger partial charge is 0.481 e. The Balaban J connectivity index is 1.56. The van der Waals surface area contributed by atoms with Gasteiger partial charge >= 0.3 is 11.6 Å². The number of nitrogens with one attached hydrogen (secondary N) is 1. The zero-order valence-electron chi connectivity index (χ0n) is 18.9. The summed E-state index contributed by atoms with van der Waals surface area (Å²) in [5.41, 5.74) is 2.56. The Morgan fingerprint density at radius 2 is 1.88 bits per heavy atom. The third kappa shape index (κ3) is 4.87. The second-order valence-corrected chi connectivity index (χ2v) is 8.48. The van der Waals surface area contributed by atoms with Crippen LogP contribution in [0.2, 0.25) is 0 Å². The standard InChI is InChI=1S/C26H23NO6S/c1-4-31-26(30)23-20(17-8-6-5-7-9-17)14-34-25(23)27-24(29)16(3)32-18-10-11-19-15(2)12-22(28)33-21(19)13-18/h5-14,16H,4H2,1-3H3,(H,27,29)/t16-/m0/s1. The SMILES string of the molecule is CCOC(=O)c1c(-c2ccccc2)csc1NC(=O)[C@H](C)Oc1ccc2c(C)cc(=O)oc2c1. The van der Waals surface area contributed by atoms with Gasteiger partial charge in [0.2, 0.25) is 0 Å². The summed E-state index contributed by atoms with van der Waals surface area (Å²) in [7, 11) is 0. The molecular weight excluding hydrogens is 454 g/mol. The van der Waals surface area contributed by atoms with E-state index in [-0.39, 0.29) is 6.61 Å². The first-order valence-electron chi connectivity index (χ1n) is 10.7. The number of fused-ring (bicyclic) bond motifs is 1. The number of hydrogen-bond acceptors (Lipinski definition) is 7. The highest BCUT2D eigenvalue weighted by atomic mass is 32.1. The lowest BCUT2D eigenvalue weighted by Gasteiger charge is -2.15. The van der Waals surface area contributed by atoms with E-state index in [4.69, 9.17) is 13.9 Å². The van der Waals surface area contributed by atoms with Crippen molar-refractivity contribution >= 4 is 39.2 Å². The molecule has 0 radical (unpaired) electrons. The van der Waals surface area contributed by atoms with E-state index in [0.717, 1.165) is 16.5 Å². The van der Waals surface area contributed by atoms with E-state index in [1.165, 1.54) is 17.4 Å². The molecule has 2 aromatic carbocycles. The topological polar surface area (TPSA) is 94.8 Å². The van der Waals surface area contributed by atoms with Crippen LogP contribution in [0.3, 0.4) is 0 Å². The Morgan fingerprint density at radius 3 is 2.62 bits per heavy atom. The summed E-state index contributed by atoms with van der Waals surface area (Å²) in [6.07, 6.45) is -0.883. The van der Waals surface area contributed by atoms with Crippen LogP contribution in [0, 0.1) is 6.92 Å². The zero-order chi connectivity index (χ0) is 24.2. The molecule has 4 aromatic rings. The van der Waals surface area contributed by atoms with Gasteiger partial charge in [-0.1, -0.05) is 30.3 Å². The number of carbonyl (C=O) groups is 2. The number of esters is 1. The van der Waals surface area contributed by atoms with Gasteiger partial charge in [0.05, 0.1) is 6.61 Å². The highest BCUT2D eigenvalue weighted by molar-refractivity contribution is 7.15. The Bertz CT molecular complexity index is 1410. The normalized spacial score (nSPS) is 11.7. The van der Waals surface area contributed by atoms with Gasteiger partial charge in [-0.05, 0) is 44.0 Å². The van der Waals surface area contributed by atoms with Crippen molar-refractivity contribution in [3.8, 4) is 16.9 Å². The van der Waals surface area contributed by atoms with Crippen molar-refractivity contribution in [3.63, 3.8) is 0 Å². The minimum absolute atomic E-state index is 0.216. The Morgan fingerprint density at radius 1 is 1.12 bits per heavy atom. The fourth-order valence-electron chi connectivity index (χ4n) is 3.54. The maximum absolute atomic E-state index is 12.9. The van der Waals surface area contributed by atoms with Crippen molar-refractivity contribution in [2.24, 2.45) is 0 Å². The molecule has 34 heavy (non-hydrogen) atoms. The van der Waals surface area contributed by atoms with Gasteiger partial charge in [-0.3, -0.25) is 4.79 Å². The molecule has 2 heterocycles. The molecule has 0 saturated carbocycles. The smallest absolute Gasteiger partial charge is 0.341 e. The summed E-state index contributed by atoms with van der Waals surface area (Å²) in [4.78, 5) is 37.3. The van der Waals surface area contributed by atoms with Crippen LogP contribution in [0.4, 0.5) is 5.00 Å². The second-order valence-electron chi connectivity index (χ2n) is 7.60. The third-order valence-electron chi connectivity index (χ3n) is 5.20. The van der Waals surface area contributed by atoms with E-state index in [1.54, 1.807) is 32.0 Å². The second kappa shape index (κ2) is 9.93. The summed E-state index contributed by atoms with van der Waals surface area (Å²) < 4.78 is 16.3. The fraction of sp³-hybridized carbons (Fsp3) is 0.192. The zero-order valence-corrected chi connectivity index (χ0v) is 19.7. The number of aryl methyl sites for hydroxylation is 1.